The second-order valence-electron chi connectivity index (χ2n) is 3.13. The van der Waals surface area contributed by atoms with Gasteiger partial charge < -0.3 is 10.4 Å². The van der Waals surface area contributed by atoms with Crippen LogP contribution >= 0.6 is 0 Å². The summed E-state index contributed by atoms with van der Waals surface area (Å²) in [4.78, 5) is 10.7. The molecule has 0 rings (SSSR count). The lowest BCUT2D eigenvalue weighted by Crippen LogP contribution is -2.52. The molecule has 0 aliphatic rings. The predicted octanol–water partition coefficient (Wildman–Crippen LogP) is 0.672. The van der Waals surface area contributed by atoms with Gasteiger partial charge in [-0.15, -0.1) is 0 Å². The van der Waals surface area contributed by atoms with E-state index >= 15 is 0 Å². The van der Waals surface area contributed by atoms with Gasteiger partial charge in [-0.25, -0.2) is 0 Å². The Hall–Kier alpha value is -0.570. The third-order valence-electron chi connectivity index (χ3n) is 2.12. The average Bonchev–Trinajstić information content (AvgIpc) is 1.86. The summed E-state index contributed by atoms with van der Waals surface area (Å²) in [6.45, 7) is 6.90. The molecular weight excluding hydrogens is 142 g/mol. The van der Waals surface area contributed by atoms with Crippen LogP contribution < -0.4 is 5.32 Å². The van der Waals surface area contributed by atoms with Crippen molar-refractivity contribution in [3.8, 4) is 0 Å². The van der Waals surface area contributed by atoms with E-state index in [9.17, 15) is 9.90 Å². The first-order valence-corrected chi connectivity index (χ1v) is 3.89. The van der Waals surface area contributed by atoms with E-state index in [2.05, 4.69) is 5.32 Å². The molecule has 2 atom stereocenters. The maximum atomic E-state index is 10.7. The molecule has 11 heavy (non-hydrogen) atoms. The van der Waals surface area contributed by atoms with Gasteiger partial charge >= 0.3 is 0 Å². The van der Waals surface area contributed by atoms with E-state index in [1.165, 1.54) is 6.92 Å². The molecule has 0 aromatic heterocycles. The molecule has 0 fully saturated rings. The Morgan fingerprint density at radius 2 is 2.18 bits per heavy atom. The van der Waals surface area contributed by atoms with Crippen LogP contribution in [0.15, 0.2) is 0 Å². The molecule has 3 nitrogen and oxygen atoms in total. The summed E-state index contributed by atoms with van der Waals surface area (Å²) in [5.41, 5.74) is -0.480. The molecule has 0 spiro atoms. The molecule has 0 saturated heterocycles. The molecule has 0 bridgehead atoms. The molecular formula is C8H17NO2. The Bertz CT molecular complexity index is 145. The van der Waals surface area contributed by atoms with E-state index < -0.39 is 11.6 Å². The van der Waals surface area contributed by atoms with E-state index in [0.29, 0.717) is 0 Å². The molecule has 0 heterocycles. The summed E-state index contributed by atoms with van der Waals surface area (Å²) in [5, 5.41) is 12.0. The number of amides is 1. The lowest BCUT2D eigenvalue weighted by atomic mass is 9.93. The standard InChI is InChI=1S/C8H17NO2/c1-5-8(4,6(2)10)9-7(3)11/h6,10H,5H2,1-4H3,(H,9,11). The van der Waals surface area contributed by atoms with Crippen LogP contribution in [0.3, 0.4) is 0 Å². The molecule has 2 unspecified atom stereocenters. The number of aliphatic hydroxyl groups excluding tert-OH is 1. The molecule has 0 aromatic rings. The van der Waals surface area contributed by atoms with Gasteiger partial charge in [0.25, 0.3) is 0 Å². The first-order valence-electron chi connectivity index (χ1n) is 3.89. The number of carbonyl (C=O) groups is 1. The molecule has 66 valence electrons. The van der Waals surface area contributed by atoms with Crippen LogP contribution in [0.1, 0.15) is 34.1 Å². The van der Waals surface area contributed by atoms with Crippen molar-refractivity contribution in [2.24, 2.45) is 0 Å². The molecule has 1 amide bonds. The van der Waals surface area contributed by atoms with Crippen molar-refractivity contribution in [3.05, 3.63) is 0 Å². The zero-order valence-electron chi connectivity index (χ0n) is 7.64. The predicted molar refractivity (Wildman–Crippen MR) is 44.2 cm³/mol. The molecule has 0 aliphatic carbocycles. The first-order chi connectivity index (χ1) is 4.92. The fourth-order valence-electron chi connectivity index (χ4n) is 0.890. The van der Waals surface area contributed by atoms with Crippen molar-refractivity contribution in [2.75, 3.05) is 0 Å². The van der Waals surface area contributed by atoms with Crippen molar-refractivity contribution in [2.45, 2.75) is 45.8 Å². The second kappa shape index (κ2) is 3.72. The Labute approximate surface area is 67.8 Å². The average molecular weight is 159 g/mol. The van der Waals surface area contributed by atoms with Crippen LogP contribution in [0, 0.1) is 0 Å². The first kappa shape index (κ1) is 10.4. The second-order valence-corrected chi connectivity index (χ2v) is 3.13. The number of hydrogen-bond acceptors (Lipinski definition) is 2. The monoisotopic (exact) mass is 159 g/mol. The van der Waals surface area contributed by atoms with Crippen molar-refractivity contribution < 1.29 is 9.90 Å². The third-order valence-corrected chi connectivity index (χ3v) is 2.12. The zero-order valence-corrected chi connectivity index (χ0v) is 7.64. The SMILES string of the molecule is CCC(C)(NC(C)=O)C(C)O. The normalized spacial score (nSPS) is 18.6. The Kier molecular flexibility index (Phi) is 3.52. The van der Waals surface area contributed by atoms with Crippen LogP contribution in [0.5, 0.6) is 0 Å². The van der Waals surface area contributed by atoms with Crippen molar-refractivity contribution in [3.63, 3.8) is 0 Å². The highest BCUT2D eigenvalue weighted by atomic mass is 16.3. The van der Waals surface area contributed by atoms with Gasteiger partial charge in [0, 0.05) is 6.92 Å². The Morgan fingerprint density at radius 3 is 2.27 bits per heavy atom. The third kappa shape index (κ3) is 2.89. The summed E-state index contributed by atoms with van der Waals surface area (Å²) < 4.78 is 0. The molecule has 0 saturated carbocycles. The summed E-state index contributed by atoms with van der Waals surface area (Å²) in [5.74, 6) is -0.102. The van der Waals surface area contributed by atoms with Crippen LogP contribution in [0.4, 0.5) is 0 Å². The highest BCUT2D eigenvalue weighted by Crippen LogP contribution is 2.13. The number of rotatable bonds is 3. The van der Waals surface area contributed by atoms with Crippen molar-refractivity contribution >= 4 is 5.91 Å². The highest BCUT2D eigenvalue weighted by molar-refractivity contribution is 5.73. The zero-order chi connectivity index (χ0) is 9.07. The minimum absolute atomic E-state index is 0.102. The van der Waals surface area contributed by atoms with Gasteiger partial charge in [0.05, 0.1) is 11.6 Å². The van der Waals surface area contributed by atoms with Gasteiger partial charge in [-0.3, -0.25) is 4.79 Å². The topological polar surface area (TPSA) is 49.3 Å². The summed E-state index contributed by atoms with van der Waals surface area (Å²) in [6.07, 6.45) is 0.209. The smallest absolute Gasteiger partial charge is 0.217 e. The summed E-state index contributed by atoms with van der Waals surface area (Å²) >= 11 is 0. The van der Waals surface area contributed by atoms with Crippen molar-refractivity contribution in [1.82, 2.24) is 5.32 Å². The van der Waals surface area contributed by atoms with Gasteiger partial charge in [-0.05, 0) is 20.3 Å². The summed E-state index contributed by atoms with van der Waals surface area (Å²) in [7, 11) is 0. The Balaban J connectivity index is 4.22. The van der Waals surface area contributed by atoms with Gasteiger partial charge in [0.1, 0.15) is 0 Å². The Morgan fingerprint density at radius 1 is 1.73 bits per heavy atom. The molecule has 3 heteroatoms. The minimum Gasteiger partial charge on any atom is -0.391 e. The van der Waals surface area contributed by atoms with Crippen LogP contribution in [-0.2, 0) is 4.79 Å². The number of hydrogen-bond donors (Lipinski definition) is 2. The molecule has 0 aliphatic heterocycles. The minimum atomic E-state index is -0.517. The van der Waals surface area contributed by atoms with E-state index in [1.54, 1.807) is 6.92 Å². The maximum Gasteiger partial charge on any atom is 0.217 e. The van der Waals surface area contributed by atoms with E-state index in [1.807, 2.05) is 13.8 Å². The summed E-state index contributed by atoms with van der Waals surface area (Å²) in [6, 6.07) is 0. The highest BCUT2D eigenvalue weighted by Gasteiger charge is 2.28. The van der Waals surface area contributed by atoms with Gasteiger partial charge in [0.15, 0.2) is 0 Å². The largest absolute Gasteiger partial charge is 0.391 e. The lowest BCUT2D eigenvalue weighted by Gasteiger charge is -2.32. The van der Waals surface area contributed by atoms with Gasteiger partial charge in [-0.2, -0.15) is 0 Å². The van der Waals surface area contributed by atoms with Crippen LogP contribution in [0.25, 0.3) is 0 Å². The van der Waals surface area contributed by atoms with E-state index in [-0.39, 0.29) is 5.91 Å². The number of carbonyl (C=O) groups excluding carboxylic acids is 1. The van der Waals surface area contributed by atoms with Crippen LogP contribution in [0.2, 0.25) is 0 Å². The number of aliphatic hydroxyl groups is 1. The van der Waals surface area contributed by atoms with Crippen LogP contribution in [-0.4, -0.2) is 22.7 Å². The quantitative estimate of drug-likeness (QED) is 0.636. The molecule has 0 radical (unpaired) electrons. The fraction of sp³-hybridized carbons (Fsp3) is 0.875. The molecule has 0 aromatic carbocycles. The maximum absolute atomic E-state index is 10.7. The van der Waals surface area contributed by atoms with Gasteiger partial charge in [0.2, 0.25) is 5.91 Å². The van der Waals surface area contributed by atoms with E-state index in [0.717, 1.165) is 6.42 Å². The van der Waals surface area contributed by atoms with Gasteiger partial charge in [-0.1, -0.05) is 6.92 Å². The van der Waals surface area contributed by atoms with E-state index in [4.69, 9.17) is 0 Å². The van der Waals surface area contributed by atoms with Crippen molar-refractivity contribution in [1.29, 1.82) is 0 Å². The lowest BCUT2D eigenvalue weighted by molar-refractivity contribution is -0.122. The number of nitrogens with one attached hydrogen (secondary N) is 1. The fourth-order valence-corrected chi connectivity index (χ4v) is 0.890. The molecule has 2 N–H and O–H groups in total.